The van der Waals surface area contributed by atoms with Crippen LogP contribution in [-0.4, -0.2) is 23.0 Å². The van der Waals surface area contributed by atoms with Crippen molar-refractivity contribution in [1.29, 1.82) is 0 Å². The van der Waals surface area contributed by atoms with Crippen molar-refractivity contribution in [2.75, 3.05) is 0 Å². The third-order valence-electron chi connectivity index (χ3n) is 2.38. The van der Waals surface area contributed by atoms with Crippen LogP contribution in [0.25, 0.3) is 21.9 Å². The van der Waals surface area contributed by atoms with E-state index in [1.807, 2.05) is 24.3 Å². The van der Waals surface area contributed by atoms with Gasteiger partial charge in [-0.1, -0.05) is 0 Å². The molecule has 0 saturated carbocycles. The summed E-state index contributed by atoms with van der Waals surface area (Å²) in [5.74, 6) is 0. The topological polar surface area (TPSA) is 13.1 Å². The number of rotatable bonds is 0. The number of hydrogen-bond acceptors (Lipinski definition) is 1. The van der Waals surface area contributed by atoms with Crippen molar-refractivity contribution in [2.24, 2.45) is 0 Å². The van der Waals surface area contributed by atoms with Crippen molar-refractivity contribution in [3.8, 4) is 0 Å². The Kier molecular flexibility index (Phi) is 1.81. The molecule has 0 amide bonds. The molecule has 0 fully saturated rings. The number of hydrogen-bond donors (Lipinski definition) is 0. The van der Waals surface area contributed by atoms with Crippen molar-refractivity contribution < 1.29 is 4.42 Å². The monoisotopic (exact) mass is 288 g/mol. The van der Waals surface area contributed by atoms with Gasteiger partial charge in [-0.3, -0.25) is 0 Å². The van der Waals surface area contributed by atoms with Crippen LogP contribution in [0.5, 0.6) is 0 Å². The molecule has 0 bridgehead atoms. The van der Waals surface area contributed by atoms with Crippen LogP contribution in [0, 0.1) is 0 Å². The van der Waals surface area contributed by atoms with E-state index in [9.17, 15) is 0 Å². The van der Waals surface area contributed by atoms with Crippen molar-refractivity contribution >= 4 is 48.5 Å². The zero-order chi connectivity index (χ0) is 9.54. The summed E-state index contributed by atoms with van der Waals surface area (Å²) in [5.41, 5.74) is 1.97. The minimum atomic E-state index is 0.977. The number of para-hydroxylation sites is 1. The van der Waals surface area contributed by atoms with E-state index in [2.05, 4.69) is 18.2 Å². The van der Waals surface area contributed by atoms with Crippen LogP contribution in [0.1, 0.15) is 0 Å². The van der Waals surface area contributed by atoms with Gasteiger partial charge in [0.1, 0.15) is 0 Å². The van der Waals surface area contributed by atoms with E-state index in [-0.39, 0.29) is 0 Å². The van der Waals surface area contributed by atoms with Gasteiger partial charge in [-0.25, -0.2) is 0 Å². The molecular weight excluding hydrogens is 282 g/mol. The average molecular weight is 289 g/mol. The Labute approximate surface area is 95.2 Å². The number of furan rings is 1. The molecule has 0 atom stereocenters. The first-order valence-electron chi connectivity index (χ1n) is 4.45. The Morgan fingerprint density at radius 1 is 0.857 bits per heavy atom. The normalized spacial score (nSPS) is 11.2. The molecule has 0 aliphatic carbocycles. The molecule has 3 aromatic rings. The summed E-state index contributed by atoms with van der Waals surface area (Å²) in [6.07, 6.45) is 0. The second-order valence-corrected chi connectivity index (χ2v) is 4.62. The third-order valence-corrected chi connectivity index (χ3v) is 3.44. The van der Waals surface area contributed by atoms with Crippen molar-refractivity contribution in [3.63, 3.8) is 0 Å². The molecule has 0 unspecified atom stereocenters. The summed E-state index contributed by atoms with van der Waals surface area (Å²) >= 11 is 1.74. The molecule has 0 N–H and O–H groups in total. The summed E-state index contributed by atoms with van der Waals surface area (Å²) in [6, 6.07) is 14.4. The van der Waals surface area contributed by atoms with E-state index in [0.717, 1.165) is 11.2 Å². The maximum atomic E-state index is 5.74. The molecule has 1 nitrogen and oxygen atoms in total. The van der Waals surface area contributed by atoms with Gasteiger partial charge in [0.15, 0.2) is 0 Å². The Morgan fingerprint density at radius 3 is 2.57 bits per heavy atom. The first kappa shape index (κ1) is 8.37. The van der Waals surface area contributed by atoms with Crippen LogP contribution < -0.4 is 3.51 Å². The van der Waals surface area contributed by atoms with Gasteiger partial charge in [0.25, 0.3) is 0 Å². The van der Waals surface area contributed by atoms with Gasteiger partial charge in [0, 0.05) is 0 Å². The summed E-state index contributed by atoms with van der Waals surface area (Å²) < 4.78 is 7.06. The zero-order valence-corrected chi connectivity index (χ0v) is 9.95. The molecule has 2 aromatic carbocycles. The van der Waals surface area contributed by atoms with E-state index >= 15 is 0 Å². The van der Waals surface area contributed by atoms with E-state index in [1.165, 1.54) is 14.3 Å². The van der Waals surface area contributed by atoms with Crippen LogP contribution >= 0.6 is 0 Å². The van der Waals surface area contributed by atoms with E-state index in [0.29, 0.717) is 0 Å². The first-order valence-corrected chi connectivity index (χ1v) is 5.73. The molecule has 3 rings (SSSR count). The SMILES string of the molecule is [Sb][c]1cccc2oc3ccccc3c12. The van der Waals surface area contributed by atoms with E-state index < -0.39 is 0 Å². The number of fused-ring (bicyclic) bond motifs is 3. The Morgan fingerprint density at radius 2 is 1.64 bits per heavy atom. The quantitative estimate of drug-likeness (QED) is 0.579. The maximum absolute atomic E-state index is 5.74. The third kappa shape index (κ3) is 1.09. The van der Waals surface area contributed by atoms with Crippen LogP contribution in [-0.2, 0) is 0 Å². The summed E-state index contributed by atoms with van der Waals surface area (Å²) in [5, 5.41) is 2.48. The second kappa shape index (κ2) is 3.03. The Balaban J connectivity index is 2.65. The van der Waals surface area contributed by atoms with Crippen molar-refractivity contribution in [2.45, 2.75) is 0 Å². The molecule has 14 heavy (non-hydrogen) atoms. The molecular formula is C12H7OSb. The molecule has 2 radical (unpaired) electrons. The fourth-order valence-corrected chi connectivity index (χ4v) is 2.66. The molecule has 0 aliphatic rings. The van der Waals surface area contributed by atoms with Crippen molar-refractivity contribution in [3.05, 3.63) is 42.5 Å². The predicted molar refractivity (Wildman–Crippen MR) is 59.1 cm³/mol. The van der Waals surface area contributed by atoms with Crippen LogP contribution in [0.3, 0.4) is 0 Å². The van der Waals surface area contributed by atoms with Crippen LogP contribution in [0.15, 0.2) is 46.9 Å². The second-order valence-electron chi connectivity index (χ2n) is 3.25. The minimum absolute atomic E-state index is 0.977. The average Bonchev–Trinajstić information content (AvgIpc) is 2.57. The molecule has 1 aromatic heterocycles. The van der Waals surface area contributed by atoms with Gasteiger partial charge in [-0.2, -0.15) is 0 Å². The van der Waals surface area contributed by atoms with E-state index in [4.69, 9.17) is 4.42 Å². The molecule has 66 valence electrons. The summed E-state index contributed by atoms with van der Waals surface area (Å²) in [7, 11) is 0. The van der Waals surface area contributed by atoms with Crippen LogP contribution in [0.2, 0.25) is 0 Å². The molecule has 2 heteroatoms. The summed E-state index contributed by atoms with van der Waals surface area (Å²) in [4.78, 5) is 0. The zero-order valence-electron chi connectivity index (χ0n) is 7.40. The standard InChI is InChI=1S/C12H7O.Sb/c1-3-7-11-9(5-1)10-6-2-4-8-12(10)13-11;/h1-5,7-8H;. The molecule has 0 aliphatic heterocycles. The van der Waals surface area contributed by atoms with Crippen LogP contribution in [0.4, 0.5) is 0 Å². The van der Waals surface area contributed by atoms with Gasteiger partial charge in [-0.05, 0) is 0 Å². The van der Waals surface area contributed by atoms with Gasteiger partial charge in [-0.15, -0.1) is 0 Å². The van der Waals surface area contributed by atoms with Gasteiger partial charge < -0.3 is 0 Å². The molecule has 1 heterocycles. The van der Waals surface area contributed by atoms with Gasteiger partial charge in [0.05, 0.1) is 0 Å². The number of benzene rings is 2. The fourth-order valence-electron chi connectivity index (χ4n) is 1.76. The molecule has 0 saturated heterocycles. The van der Waals surface area contributed by atoms with E-state index in [1.54, 1.807) is 23.0 Å². The Bertz CT molecular complexity index is 610. The van der Waals surface area contributed by atoms with Gasteiger partial charge in [0.2, 0.25) is 0 Å². The Hall–Kier alpha value is -0.942. The molecule has 0 spiro atoms. The fraction of sp³-hybridized carbons (Fsp3) is 0. The first-order chi connectivity index (χ1) is 6.86. The summed E-state index contributed by atoms with van der Waals surface area (Å²) in [6.45, 7) is 0. The van der Waals surface area contributed by atoms with Gasteiger partial charge >= 0.3 is 95.4 Å². The van der Waals surface area contributed by atoms with Crippen molar-refractivity contribution in [1.82, 2.24) is 0 Å². The predicted octanol–water partition coefficient (Wildman–Crippen LogP) is 2.38.